The molecule has 0 aliphatic heterocycles. The molecule has 0 radical (unpaired) electrons. The van der Waals surface area contributed by atoms with Gasteiger partial charge in [0, 0.05) is 17.6 Å². The van der Waals surface area contributed by atoms with Crippen LogP contribution in [0.25, 0.3) is 0 Å². The summed E-state index contributed by atoms with van der Waals surface area (Å²) in [5.41, 5.74) is 2.59. The van der Waals surface area contributed by atoms with Gasteiger partial charge in [-0.15, -0.1) is 0 Å². The lowest BCUT2D eigenvalue weighted by atomic mass is 9.99. The van der Waals surface area contributed by atoms with Crippen LogP contribution in [0.5, 0.6) is 0 Å². The number of para-hydroxylation sites is 1. The molecule has 0 saturated carbocycles. The van der Waals surface area contributed by atoms with Crippen LogP contribution in [0.3, 0.4) is 0 Å². The van der Waals surface area contributed by atoms with E-state index in [1.54, 1.807) is 12.1 Å². The molecule has 1 heterocycles. The second-order valence-electron chi connectivity index (χ2n) is 7.90. The third-order valence-electron chi connectivity index (χ3n) is 5.51. The fraction of sp³-hybridized carbons (Fsp3) is 0.360. The summed E-state index contributed by atoms with van der Waals surface area (Å²) >= 11 is 0. The third kappa shape index (κ3) is 5.99. The first-order chi connectivity index (χ1) is 15.3. The van der Waals surface area contributed by atoms with Crippen molar-refractivity contribution in [1.82, 2.24) is 9.97 Å². The number of aromatic nitrogens is 2. The molecule has 0 spiro atoms. The number of unbranched alkanes of at least 4 members (excludes halogenated alkanes) is 1. The maximum atomic E-state index is 13.6. The summed E-state index contributed by atoms with van der Waals surface area (Å²) in [6.45, 7) is 6.36. The van der Waals surface area contributed by atoms with Gasteiger partial charge in [-0.25, -0.2) is 4.98 Å². The maximum Gasteiger partial charge on any atom is 0.421 e. The van der Waals surface area contributed by atoms with Gasteiger partial charge in [0.25, 0.3) is 0 Å². The van der Waals surface area contributed by atoms with Crippen LogP contribution in [0.2, 0.25) is 0 Å². The van der Waals surface area contributed by atoms with E-state index in [1.165, 1.54) is 5.56 Å². The number of nitrogens with one attached hydrogen (secondary N) is 2. The smallest absolute Gasteiger partial charge is 0.339 e. The Labute approximate surface area is 187 Å². The maximum absolute atomic E-state index is 13.6. The van der Waals surface area contributed by atoms with Crippen LogP contribution in [0.15, 0.2) is 54.7 Å². The lowest BCUT2D eigenvalue weighted by Gasteiger charge is -2.17. The van der Waals surface area contributed by atoms with E-state index in [-0.39, 0.29) is 11.8 Å². The van der Waals surface area contributed by atoms with Crippen molar-refractivity contribution in [2.24, 2.45) is 0 Å². The molecule has 0 fully saturated rings. The van der Waals surface area contributed by atoms with Gasteiger partial charge in [-0.3, -0.25) is 0 Å². The molecular weight excluding hydrogens is 413 g/mol. The Kier molecular flexibility index (Phi) is 7.72. The van der Waals surface area contributed by atoms with Crippen molar-refractivity contribution in [2.75, 3.05) is 10.6 Å². The number of benzene rings is 2. The van der Waals surface area contributed by atoms with Crippen LogP contribution >= 0.6 is 0 Å². The molecule has 1 aromatic heterocycles. The lowest BCUT2D eigenvalue weighted by molar-refractivity contribution is -0.137. The minimum atomic E-state index is -4.57. The van der Waals surface area contributed by atoms with E-state index in [0.29, 0.717) is 17.3 Å². The first kappa shape index (κ1) is 23.6. The molecule has 170 valence electrons. The van der Waals surface area contributed by atoms with Crippen molar-refractivity contribution in [3.05, 3.63) is 71.4 Å². The Morgan fingerprint density at radius 1 is 0.969 bits per heavy atom. The molecule has 0 aliphatic carbocycles. The fourth-order valence-corrected chi connectivity index (χ4v) is 3.36. The molecule has 0 bridgehead atoms. The van der Waals surface area contributed by atoms with Gasteiger partial charge in [0.2, 0.25) is 5.95 Å². The van der Waals surface area contributed by atoms with E-state index < -0.39 is 11.7 Å². The molecule has 0 saturated heterocycles. The van der Waals surface area contributed by atoms with Gasteiger partial charge < -0.3 is 10.6 Å². The number of alkyl halides is 3. The number of hydrogen-bond acceptors (Lipinski definition) is 4. The average molecular weight is 443 g/mol. The second-order valence-corrected chi connectivity index (χ2v) is 7.90. The molecule has 7 heteroatoms. The Hall–Kier alpha value is -3.09. The van der Waals surface area contributed by atoms with Crippen LogP contribution in [-0.2, 0) is 12.6 Å². The highest BCUT2D eigenvalue weighted by Gasteiger charge is 2.35. The van der Waals surface area contributed by atoms with E-state index in [0.717, 1.165) is 37.4 Å². The molecule has 1 atom stereocenters. The number of hydrogen-bond donors (Lipinski definition) is 2. The topological polar surface area (TPSA) is 49.8 Å². The zero-order chi connectivity index (χ0) is 23.1. The van der Waals surface area contributed by atoms with Gasteiger partial charge in [-0.1, -0.05) is 57.5 Å². The molecule has 3 rings (SSSR count). The lowest BCUT2D eigenvalue weighted by Crippen LogP contribution is -2.13. The summed E-state index contributed by atoms with van der Waals surface area (Å²) < 4.78 is 40.9. The molecule has 2 N–H and O–H groups in total. The van der Waals surface area contributed by atoms with Crippen LogP contribution < -0.4 is 10.6 Å². The standard InChI is InChI=1S/C25H29F3N4/c1-4-6-9-19-10-7-8-11-22(19)31-23-21(25(26,27)28)16-29-24(32-23)30-20-14-12-18(13-15-20)17(3)5-2/h7-8,10-17H,4-6,9H2,1-3H3,(H2,29,30,31,32). The first-order valence-electron chi connectivity index (χ1n) is 11.0. The van der Waals surface area contributed by atoms with Crippen molar-refractivity contribution in [2.45, 2.75) is 58.5 Å². The van der Waals surface area contributed by atoms with E-state index in [2.05, 4.69) is 41.4 Å². The van der Waals surface area contributed by atoms with Crippen LogP contribution in [0.1, 0.15) is 62.6 Å². The van der Waals surface area contributed by atoms with Gasteiger partial charge in [0.1, 0.15) is 11.4 Å². The molecule has 3 aromatic rings. The molecular formula is C25H29F3N4. The summed E-state index contributed by atoms with van der Waals surface area (Å²) in [4.78, 5) is 8.08. The van der Waals surface area contributed by atoms with Gasteiger partial charge in [0.05, 0.1) is 0 Å². The summed E-state index contributed by atoms with van der Waals surface area (Å²) in [5, 5.41) is 5.92. The molecule has 1 unspecified atom stereocenters. The zero-order valence-corrected chi connectivity index (χ0v) is 18.6. The van der Waals surface area contributed by atoms with Gasteiger partial charge >= 0.3 is 6.18 Å². The minimum absolute atomic E-state index is 0.0998. The van der Waals surface area contributed by atoms with E-state index >= 15 is 0 Å². The molecule has 4 nitrogen and oxygen atoms in total. The van der Waals surface area contributed by atoms with Crippen molar-refractivity contribution < 1.29 is 13.2 Å². The van der Waals surface area contributed by atoms with Gasteiger partial charge in [-0.05, 0) is 54.5 Å². The summed E-state index contributed by atoms with van der Waals surface area (Å²) in [5.74, 6) is 0.271. The quantitative estimate of drug-likeness (QED) is 0.354. The van der Waals surface area contributed by atoms with Gasteiger partial charge in [-0.2, -0.15) is 18.2 Å². The molecule has 0 amide bonds. The normalized spacial score (nSPS) is 12.4. The Morgan fingerprint density at radius 2 is 1.69 bits per heavy atom. The number of aryl methyl sites for hydroxylation is 1. The summed E-state index contributed by atoms with van der Waals surface area (Å²) in [6.07, 6.45) is 0.00783. The number of halogens is 3. The molecule has 32 heavy (non-hydrogen) atoms. The molecule has 2 aromatic carbocycles. The molecule has 0 aliphatic rings. The van der Waals surface area contributed by atoms with Crippen molar-refractivity contribution >= 4 is 23.1 Å². The highest BCUT2D eigenvalue weighted by molar-refractivity contribution is 5.65. The fourth-order valence-electron chi connectivity index (χ4n) is 3.36. The highest BCUT2D eigenvalue weighted by Crippen LogP contribution is 2.36. The summed E-state index contributed by atoms with van der Waals surface area (Å²) in [7, 11) is 0. The van der Waals surface area contributed by atoms with Crippen molar-refractivity contribution in [1.29, 1.82) is 0 Å². The number of rotatable bonds is 9. The Bertz CT molecular complexity index is 1020. The van der Waals surface area contributed by atoms with Gasteiger partial charge in [0.15, 0.2) is 0 Å². The Balaban J connectivity index is 1.89. The average Bonchev–Trinajstić information content (AvgIpc) is 2.78. The monoisotopic (exact) mass is 442 g/mol. The largest absolute Gasteiger partial charge is 0.421 e. The second kappa shape index (κ2) is 10.5. The van der Waals surface area contributed by atoms with E-state index in [4.69, 9.17) is 0 Å². The third-order valence-corrected chi connectivity index (χ3v) is 5.51. The highest BCUT2D eigenvalue weighted by atomic mass is 19.4. The first-order valence-corrected chi connectivity index (χ1v) is 11.0. The van der Waals surface area contributed by atoms with Crippen LogP contribution in [0.4, 0.5) is 36.3 Å². The van der Waals surface area contributed by atoms with Crippen LogP contribution in [0, 0.1) is 0 Å². The number of anilines is 4. The predicted octanol–water partition coefficient (Wildman–Crippen LogP) is 7.84. The Morgan fingerprint density at radius 3 is 2.34 bits per heavy atom. The summed E-state index contributed by atoms with van der Waals surface area (Å²) in [6, 6.07) is 15.2. The van der Waals surface area contributed by atoms with Crippen molar-refractivity contribution in [3.8, 4) is 0 Å². The number of nitrogens with zero attached hydrogens (tertiary/aromatic N) is 2. The van der Waals surface area contributed by atoms with E-state index in [1.807, 2.05) is 36.4 Å². The predicted molar refractivity (Wildman–Crippen MR) is 124 cm³/mol. The van der Waals surface area contributed by atoms with Crippen molar-refractivity contribution in [3.63, 3.8) is 0 Å². The van der Waals surface area contributed by atoms with Crippen LogP contribution in [-0.4, -0.2) is 9.97 Å². The zero-order valence-electron chi connectivity index (χ0n) is 18.6. The van der Waals surface area contributed by atoms with E-state index in [9.17, 15) is 13.2 Å². The SMILES string of the molecule is CCCCc1ccccc1Nc1nc(Nc2ccc(C(C)CC)cc2)ncc1C(F)(F)F. The minimum Gasteiger partial charge on any atom is -0.339 e.